The van der Waals surface area contributed by atoms with Crippen LogP contribution in [-0.2, 0) is 16.0 Å². The first-order chi connectivity index (χ1) is 12.0. The van der Waals surface area contributed by atoms with Crippen molar-refractivity contribution in [1.82, 2.24) is 4.90 Å². The Balaban J connectivity index is 1.54. The highest BCUT2D eigenvalue weighted by atomic mass is 16.3. The van der Waals surface area contributed by atoms with Crippen LogP contribution in [0.2, 0.25) is 0 Å². The molecule has 6 nitrogen and oxygen atoms in total. The molecule has 1 atom stereocenters. The molecular formula is C19H27N3O3. The Bertz CT molecular complexity index is 649. The fourth-order valence-corrected chi connectivity index (χ4v) is 3.78. The Morgan fingerprint density at radius 3 is 2.88 bits per heavy atom. The van der Waals surface area contributed by atoms with Gasteiger partial charge in [0.25, 0.3) is 0 Å². The Labute approximate surface area is 148 Å². The van der Waals surface area contributed by atoms with Gasteiger partial charge in [0, 0.05) is 38.2 Å². The monoisotopic (exact) mass is 345 g/mol. The Morgan fingerprint density at radius 1 is 1.28 bits per heavy atom. The predicted molar refractivity (Wildman–Crippen MR) is 96.2 cm³/mol. The molecule has 0 aliphatic carbocycles. The minimum Gasteiger partial charge on any atom is -0.387 e. The van der Waals surface area contributed by atoms with Crippen LogP contribution in [0.15, 0.2) is 24.3 Å². The van der Waals surface area contributed by atoms with Crippen LogP contribution in [0.1, 0.15) is 37.7 Å². The average Bonchev–Trinajstić information content (AvgIpc) is 2.63. The first-order valence-corrected chi connectivity index (χ1v) is 9.11. The van der Waals surface area contributed by atoms with Crippen LogP contribution in [0.25, 0.3) is 0 Å². The third-order valence-corrected chi connectivity index (χ3v) is 5.25. The summed E-state index contributed by atoms with van der Waals surface area (Å²) >= 11 is 0. The molecule has 2 heterocycles. The minimum atomic E-state index is -0.949. The Morgan fingerprint density at radius 2 is 2.08 bits per heavy atom. The molecule has 25 heavy (non-hydrogen) atoms. The zero-order valence-corrected chi connectivity index (χ0v) is 14.6. The van der Waals surface area contributed by atoms with Gasteiger partial charge in [-0.25, -0.2) is 0 Å². The molecular weight excluding hydrogens is 318 g/mol. The number of carbonyl (C=O) groups is 2. The molecule has 1 unspecified atom stereocenters. The highest BCUT2D eigenvalue weighted by Gasteiger charge is 2.33. The number of aliphatic hydroxyl groups is 1. The van der Waals surface area contributed by atoms with Crippen molar-refractivity contribution in [2.75, 3.05) is 31.1 Å². The molecule has 3 N–H and O–H groups in total. The largest absolute Gasteiger partial charge is 0.387 e. The maximum atomic E-state index is 12.4. The van der Waals surface area contributed by atoms with E-state index < -0.39 is 5.60 Å². The van der Waals surface area contributed by atoms with E-state index in [1.807, 2.05) is 18.2 Å². The number of β-amino-alcohol motifs (C(OH)–C–C–N with tert-alkyl or cyclic N) is 1. The van der Waals surface area contributed by atoms with Gasteiger partial charge in [0.05, 0.1) is 12.1 Å². The van der Waals surface area contributed by atoms with Crippen molar-refractivity contribution < 1.29 is 14.7 Å². The summed E-state index contributed by atoms with van der Waals surface area (Å²) in [5.74, 6) is 0.158. The molecule has 1 fully saturated rings. The number of fused-ring (bicyclic) bond motifs is 1. The van der Waals surface area contributed by atoms with Gasteiger partial charge in [-0.3, -0.25) is 9.59 Å². The van der Waals surface area contributed by atoms with Crippen molar-refractivity contribution in [2.45, 2.75) is 44.1 Å². The lowest BCUT2D eigenvalue weighted by Gasteiger charge is -2.38. The summed E-state index contributed by atoms with van der Waals surface area (Å²) in [5.41, 5.74) is 6.84. The molecule has 0 bridgehead atoms. The normalized spacial score (nSPS) is 23.5. The third kappa shape index (κ3) is 4.02. The van der Waals surface area contributed by atoms with E-state index in [-0.39, 0.29) is 18.4 Å². The fraction of sp³-hybridized carbons (Fsp3) is 0.579. The van der Waals surface area contributed by atoms with Crippen LogP contribution in [0.5, 0.6) is 0 Å². The number of amides is 2. The number of piperidine rings is 1. The minimum absolute atomic E-state index is 0.0318. The van der Waals surface area contributed by atoms with Gasteiger partial charge in [-0.2, -0.15) is 0 Å². The maximum Gasteiger partial charge on any atom is 0.227 e. The van der Waals surface area contributed by atoms with E-state index in [0.29, 0.717) is 45.3 Å². The summed E-state index contributed by atoms with van der Waals surface area (Å²) < 4.78 is 0. The average molecular weight is 345 g/mol. The number of nitrogens with two attached hydrogens (primary N) is 1. The lowest BCUT2D eigenvalue weighted by atomic mass is 9.93. The number of aryl methyl sites for hydroxylation is 1. The number of carbonyl (C=O) groups excluding carboxylic acids is 2. The van der Waals surface area contributed by atoms with E-state index in [1.54, 1.807) is 9.80 Å². The van der Waals surface area contributed by atoms with Crippen molar-refractivity contribution in [2.24, 2.45) is 5.73 Å². The summed E-state index contributed by atoms with van der Waals surface area (Å²) in [7, 11) is 0. The van der Waals surface area contributed by atoms with Crippen LogP contribution < -0.4 is 10.6 Å². The number of para-hydroxylation sites is 1. The molecule has 1 aromatic rings. The number of hydrogen-bond acceptors (Lipinski definition) is 4. The molecule has 2 aliphatic rings. The van der Waals surface area contributed by atoms with Crippen molar-refractivity contribution in [3.8, 4) is 0 Å². The summed E-state index contributed by atoms with van der Waals surface area (Å²) in [6.45, 7) is 1.72. The van der Waals surface area contributed by atoms with Gasteiger partial charge in [-0.1, -0.05) is 18.2 Å². The number of nitrogens with zero attached hydrogens (tertiary/aromatic N) is 2. The summed E-state index contributed by atoms with van der Waals surface area (Å²) in [6.07, 6.45) is 3.74. The van der Waals surface area contributed by atoms with Crippen molar-refractivity contribution in [3.63, 3.8) is 0 Å². The van der Waals surface area contributed by atoms with E-state index in [9.17, 15) is 14.7 Å². The number of likely N-dealkylation sites (tertiary alicyclic amines) is 1. The second-order valence-electron chi connectivity index (χ2n) is 7.12. The molecule has 2 amide bonds. The molecule has 1 saturated heterocycles. The van der Waals surface area contributed by atoms with Gasteiger partial charge in [-0.05, 0) is 37.3 Å². The van der Waals surface area contributed by atoms with Gasteiger partial charge in [0.2, 0.25) is 11.8 Å². The second kappa shape index (κ2) is 7.54. The zero-order chi connectivity index (χ0) is 17.9. The molecule has 0 saturated carbocycles. The fourth-order valence-electron chi connectivity index (χ4n) is 3.78. The molecule has 1 aromatic carbocycles. The summed E-state index contributed by atoms with van der Waals surface area (Å²) in [5, 5.41) is 10.3. The Kier molecular flexibility index (Phi) is 5.39. The van der Waals surface area contributed by atoms with E-state index in [2.05, 4.69) is 6.07 Å². The maximum absolute atomic E-state index is 12.4. The molecule has 0 aromatic heterocycles. The molecule has 6 heteroatoms. The number of anilines is 1. The smallest absolute Gasteiger partial charge is 0.227 e. The number of benzene rings is 1. The van der Waals surface area contributed by atoms with Crippen LogP contribution >= 0.6 is 0 Å². The summed E-state index contributed by atoms with van der Waals surface area (Å²) in [4.78, 5) is 28.2. The van der Waals surface area contributed by atoms with Crippen LogP contribution in [0.3, 0.4) is 0 Å². The van der Waals surface area contributed by atoms with Crippen molar-refractivity contribution >= 4 is 17.5 Å². The second-order valence-corrected chi connectivity index (χ2v) is 7.12. The SMILES string of the molecule is NCC1(O)CCCN(C(=O)CCCN2C(=O)CCc3ccccc32)C1. The zero-order valence-electron chi connectivity index (χ0n) is 14.6. The van der Waals surface area contributed by atoms with Crippen LogP contribution in [0, 0.1) is 0 Å². The number of hydrogen-bond donors (Lipinski definition) is 2. The van der Waals surface area contributed by atoms with E-state index >= 15 is 0 Å². The third-order valence-electron chi connectivity index (χ3n) is 5.25. The van der Waals surface area contributed by atoms with Crippen LogP contribution in [-0.4, -0.2) is 53.6 Å². The molecule has 136 valence electrons. The Hall–Kier alpha value is -1.92. The van der Waals surface area contributed by atoms with E-state index in [4.69, 9.17) is 5.73 Å². The van der Waals surface area contributed by atoms with Gasteiger partial charge in [-0.15, -0.1) is 0 Å². The van der Waals surface area contributed by atoms with Gasteiger partial charge in [0.1, 0.15) is 0 Å². The highest BCUT2D eigenvalue weighted by Crippen LogP contribution is 2.28. The van der Waals surface area contributed by atoms with Gasteiger partial charge in [0.15, 0.2) is 0 Å². The highest BCUT2D eigenvalue weighted by molar-refractivity contribution is 5.96. The van der Waals surface area contributed by atoms with E-state index in [0.717, 1.165) is 18.5 Å². The quantitative estimate of drug-likeness (QED) is 0.835. The molecule has 3 rings (SSSR count). The standard InChI is InChI=1S/C19H27N3O3/c20-13-19(25)10-4-11-21(14-19)17(23)7-3-12-22-16-6-2-1-5-15(16)8-9-18(22)24/h1-2,5-6,25H,3-4,7-14,20H2. The summed E-state index contributed by atoms with van der Waals surface area (Å²) in [6, 6.07) is 7.96. The van der Waals surface area contributed by atoms with Crippen LogP contribution in [0.4, 0.5) is 5.69 Å². The first-order valence-electron chi connectivity index (χ1n) is 9.11. The molecule has 0 spiro atoms. The topological polar surface area (TPSA) is 86.9 Å². The molecule has 0 radical (unpaired) electrons. The van der Waals surface area contributed by atoms with Crippen molar-refractivity contribution in [1.29, 1.82) is 0 Å². The van der Waals surface area contributed by atoms with Crippen molar-refractivity contribution in [3.05, 3.63) is 29.8 Å². The molecule has 2 aliphatic heterocycles. The van der Waals surface area contributed by atoms with E-state index in [1.165, 1.54) is 5.56 Å². The lowest BCUT2D eigenvalue weighted by molar-refractivity contribution is -0.138. The van der Waals surface area contributed by atoms with Gasteiger partial charge < -0.3 is 20.6 Å². The predicted octanol–water partition coefficient (Wildman–Crippen LogP) is 1.06. The first kappa shape index (κ1) is 17.9. The number of rotatable bonds is 5. The van der Waals surface area contributed by atoms with Gasteiger partial charge >= 0.3 is 0 Å². The lowest BCUT2D eigenvalue weighted by Crippen LogP contribution is -2.54.